The number of hydrazone groups is 1. The molecule has 0 bridgehead atoms. The minimum atomic E-state index is -0.306. The number of carbonyl (C=O) groups excluding carboxylic acids is 1. The Morgan fingerprint density at radius 2 is 1.71 bits per heavy atom. The van der Waals surface area contributed by atoms with Gasteiger partial charge in [-0.3, -0.25) is 4.79 Å². The SMILES string of the molecule is CCOc1cc(/C=N\NC(=O)c2ccc(-c3csc(Nc4ccccc4)n3)cc2)cc(I)c1OCc1ccccc1. The van der Waals surface area contributed by atoms with Gasteiger partial charge in [0.05, 0.1) is 22.1 Å². The van der Waals surface area contributed by atoms with Crippen molar-refractivity contribution >= 4 is 56.9 Å². The van der Waals surface area contributed by atoms with Gasteiger partial charge < -0.3 is 14.8 Å². The number of hydrogen-bond acceptors (Lipinski definition) is 7. The van der Waals surface area contributed by atoms with Crippen LogP contribution in [0.2, 0.25) is 0 Å². The smallest absolute Gasteiger partial charge is 0.271 e. The first-order valence-corrected chi connectivity index (χ1v) is 14.9. The first-order valence-electron chi connectivity index (χ1n) is 12.9. The van der Waals surface area contributed by atoms with Crippen LogP contribution in [0, 0.1) is 3.57 Å². The van der Waals surface area contributed by atoms with E-state index in [9.17, 15) is 4.79 Å². The summed E-state index contributed by atoms with van der Waals surface area (Å²) < 4.78 is 12.8. The molecule has 5 rings (SSSR count). The number of anilines is 2. The molecule has 0 atom stereocenters. The molecule has 2 N–H and O–H groups in total. The third-order valence-electron chi connectivity index (χ3n) is 5.91. The van der Waals surface area contributed by atoms with Gasteiger partial charge in [0.2, 0.25) is 0 Å². The molecule has 0 aliphatic carbocycles. The average molecular weight is 675 g/mol. The van der Waals surface area contributed by atoms with Crippen LogP contribution < -0.4 is 20.2 Å². The van der Waals surface area contributed by atoms with Crippen LogP contribution >= 0.6 is 33.9 Å². The molecule has 1 aromatic heterocycles. The average Bonchev–Trinajstić information content (AvgIpc) is 3.46. The van der Waals surface area contributed by atoms with Gasteiger partial charge in [-0.15, -0.1) is 11.3 Å². The Kier molecular flexibility index (Phi) is 9.61. The van der Waals surface area contributed by atoms with Crippen molar-refractivity contribution in [2.75, 3.05) is 11.9 Å². The zero-order valence-corrected chi connectivity index (χ0v) is 25.2. The van der Waals surface area contributed by atoms with Crippen LogP contribution in [0.3, 0.4) is 0 Å². The molecule has 1 heterocycles. The molecule has 7 nitrogen and oxygen atoms in total. The van der Waals surface area contributed by atoms with Crippen LogP contribution in [0.5, 0.6) is 11.5 Å². The summed E-state index contributed by atoms with van der Waals surface area (Å²) in [6.07, 6.45) is 1.59. The highest BCUT2D eigenvalue weighted by atomic mass is 127. The highest BCUT2D eigenvalue weighted by Gasteiger charge is 2.13. The quantitative estimate of drug-likeness (QED) is 0.0846. The normalized spacial score (nSPS) is 10.9. The maximum Gasteiger partial charge on any atom is 0.271 e. The van der Waals surface area contributed by atoms with Gasteiger partial charge in [-0.25, -0.2) is 10.4 Å². The van der Waals surface area contributed by atoms with Gasteiger partial charge in [0.1, 0.15) is 6.61 Å². The number of aromatic nitrogens is 1. The van der Waals surface area contributed by atoms with Gasteiger partial charge in [-0.1, -0.05) is 60.7 Å². The second-order valence-corrected chi connectivity index (χ2v) is 10.9. The van der Waals surface area contributed by atoms with Crippen molar-refractivity contribution in [1.29, 1.82) is 0 Å². The van der Waals surface area contributed by atoms with Crippen molar-refractivity contribution in [3.63, 3.8) is 0 Å². The molecule has 0 unspecified atom stereocenters. The fourth-order valence-electron chi connectivity index (χ4n) is 3.93. The molecule has 0 fully saturated rings. The molecule has 0 saturated heterocycles. The lowest BCUT2D eigenvalue weighted by molar-refractivity contribution is 0.0955. The summed E-state index contributed by atoms with van der Waals surface area (Å²) in [5.41, 5.74) is 7.71. The van der Waals surface area contributed by atoms with Crippen molar-refractivity contribution in [3.8, 4) is 22.8 Å². The summed E-state index contributed by atoms with van der Waals surface area (Å²) >= 11 is 3.75. The molecular weight excluding hydrogens is 647 g/mol. The fourth-order valence-corrected chi connectivity index (χ4v) is 5.45. The highest BCUT2D eigenvalue weighted by Crippen LogP contribution is 2.34. The molecule has 206 valence electrons. The zero-order valence-electron chi connectivity index (χ0n) is 22.2. The lowest BCUT2D eigenvalue weighted by Gasteiger charge is -2.14. The lowest BCUT2D eigenvalue weighted by atomic mass is 10.1. The van der Waals surface area contributed by atoms with E-state index in [1.807, 2.05) is 97.2 Å². The number of carbonyl (C=O) groups is 1. The third-order valence-corrected chi connectivity index (χ3v) is 7.47. The highest BCUT2D eigenvalue weighted by molar-refractivity contribution is 14.1. The van der Waals surface area contributed by atoms with E-state index >= 15 is 0 Å². The Morgan fingerprint density at radius 3 is 2.44 bits per heavy atom. The largest absolute Gasteiger partial charge is 0.490 e. The Bertz CT molecular complexity index is 1620. The number of rotatable bonds is 11. The van der Waals surface area contributed by atoms with Crippen molar-refractivity contribution in [3.05, 3.63) is 123 Å². The molecule has 0 saturated carbocycles. The van der Waals surface area contributed by atoms with Crippen molar-refractivity contribution in [1.82, 2.24) is 10.4 Å². The Balaban J connectivity index is 1.20. The van der Waals surface area contributed by atoms with E-state index in [1.54, 1.807) is 18.3 Å². The van der Waals surface area contributed by atoms with E-state index in [2.05, 4.69) is 43.4 Å². The van der Waals surface area contributed by atoms with Crippen LogP contribution in [-0.2, 0) is 6.61 Å². The lowest BCUT2D eigenvalue weighted by Crippen LogP contribution is -2.17. The molecule has 0 radical (unpaired) electrons. The van der Waals surface area contributed by atoms with Crippen LogP contribution in [0.25, 0.3) is 11.3 Å². The Labute approximate surface area is 256 Å². The topological polar surface area (TPSA) is 84.8 Å². The molecule has 0 spiro atoms. The van der Waals surface area contributed by atoms with E-state index in [0.29, 0.717) is 30.3 Å². The van der Waals surface area contributed by atoms with Gasteiger partial charge in [0, 0.05) is 22.2 Å². The second kappa shape index (κ2) is 13.9. The van der Waals surface area contributed by atoms with E-state index in [1.165, 1.54) is 11.3 Å². The summed E-state index contributed by atoms with van der Waals surface area (Å²) in [7, 11) is 0. The van der Waals surface area contributed by atoms with Crippen molar-refractivity contribution < 1.29 is 14.3 Å². The first-order chi connectivity index (χ1) is 20.1. The minimum Gasteiger partial charge on any atom is -0.490 e. The molecule has 0 aliphatic heterocycles. The number of hydrogen-bond donors (Lipinski definition) is 2. The number of para-hydroxylation sites is 1. The number of benzene rings is 4. The van der Waals surface area contributed by atoms with Gasteiger partial charge in [0.15, 0.2) is 16.6 Å². The number of ether oxygens (including phenoxy) is 2. The van der Waals surface area contributed by atoms with E-state index in [0.717, 1.165) is 36.8 Å². The van der Waals surface area contributed by atoms with Crippen LogP contribution in [0.15, 0.2) is 108 Å². The molecule has 41 heavy (non-hydrogen) atoms. The predicted octanol–water partition coefficient (Wildman–Crippen LogP) is 7.90. The number of halogens is 1. The summed E-state index contributed by atoms with van der Waals surface area (Å²) in [5.74, 6) is 1.00. The molecule has 5 aromatic rings. The number of nitrogens with one attached hydrogen (secondary N) is 2. The van der Waals surface area contributed by atoms with Gasteiger partial charge in [-0.05, 0) is 77.0 Å². The Morgan fingerprint density at radius 1 is 0.976 bits per heavy atom. The maximum absolute atomic E-state index is 12.7. The fraction of sp³-hybridized carbons (Fsp3) is 0.0938. The number of amides is 1. The van der Waals surface area contributed by atoms with Gasteiger partial charge in [-0.2, -0.15) is 5.10 Å². The summed E-state index contributed by atoms with van der Waals surface area (Å²) in [4.78, 5) is 17.4. The molecule has 9 heteroatoms. The van der Waals surface area contributed by atoms with E-state index in [4.69, 9.17) is 9.47 Å². The predicted molar refractivity (Wildman–Crippen MR) is 173 cm³/mol. The van der Waals surface area contributed by atoms with Crippen molar-refractivity contribution in [2.45, 2.75) is 13.5 Å². The van der Waals surface area contributed by atoms with Crippen LogP contribution in [0.1, 0.15) is 28.4 Å². The van der Waals surface area contributed by atoms with Gasteiger partial charge in [0.25, 0.3) is 5.91 Å². The summed E-state index contributed by atoms with van der Waals surface area (Å²) in [6, 6.07) is 31.0. The summed E-state index contributed by atoms with van der Waals surface area (Å²) in [6.45, 7) is 2.86. The summed E-state index contributed by atoms with van der Waals surface area (Å²) in [5, 5.41) is 10.3. The second-order valence-electron chi connectivity index (χ2n) is 8.84. The monoisotopic (exact) mass is 674 g/mol. The number of thiazole rings is 1. The van der Waals surface area contributed by atoms with Crippen LogP contribution in [-0.4, -0.2) is 23.7 Å². The molecule has 0 aliphatic rings. The van der Waals surface area contributed by atoms with E-state index in [-0.39, 0.29) is 5.91 Å². The van der Waals surface area contributed by atoms with Crippen molar-refractivity contribution in [2.24, 2.45) is 5.10 Å². The van der Waals surface area contributed by atoms with E-state index < -0.39 is 0 Å². The van der Waals surface area contributed by atoms with Crippen LogP contribution in [0.4, 0.5) is 10.8 Å². The zero-order chi connectivity index (χ0) is 28.4. The molecule has 4 aromatic carbocycles. The number of nitrogens with zero attached hydrogens (tertiary/aromatic N) is 2. The molecular formula is C32H27IN4O3S. The third kappa shape index (κ3) is 7.71. The standard InChI is InChI=1S/C32H27IN4O3S/c1-2-39-29-18-23(17-27(33)30(29)40-20-22-9-5-3-6-10-22)19-34-37-31(38)25-15-13-24(14-16-25)28-21-41-32(36-28)35-26-11-7-4-8-12-26/h3-19,21H,2,20H2,1H3,(H,35,36)(H,37,38)/b34-19-. The molecule has 1 amide bonds. The first kappa shape index (κ1) is 28.3. The Hall–Kier alpha value is -4.22. The maximum atomic E-state index is 12.7. The van der Waals surface area contributed by atoms with Gasteiger partial charge >= 0.3 is 0 Å². The minimum absolute atomic E-state index is 0.306.